The third kappa shape index (κ3) is 4.49. The summed E-state index contributed by atoms with van der Waals surface area (Å²) in [6.45, 7) is 4.26. The van der Waals surface area contributed by atoms with Crippen LogP contribution in [-0.4, -0.2) is 60.5 Å². The highest BCUT2D eigenvalue weighted by Gasteiger charge is 2.39. The predicted molar refractivity (Wildman–Crippen MR) is 73.9 cm³/mol. The first-order valence-electron chi connectivity index (χ1n) is 7.13. The van der Waals surface area contributed by atoms with Gasteiger partial charge in [0.2, 0.25) is 5.91 Å². The van der Waals surface area contributed by atoms with Gasteiger partial charge < -0.3 is 14.9 Å². The number of likely N-dealkylation sites (N-methyl/N-ethyl adjacent to an activating group) is 1. The number of rotatable bonds is 7. The first kappa shape index (κ1) is 16.0. The standard InChI is InChI=1S/C14H26N2O3/c1-4-8-16(10-9-15(2)3)13(17)11-6-5-7-12(11)14(18)19/h11-12H,4-10H2,1-3H3,(H,18,19)/t11-,12+/m1/s1. The topological polar surface area (TPSA) is 60.9 Å². The van der Waals surface area contributed by atoms with Crippen LogP contribution >= 0.6 is 0 Å². The summed E-state index contributed by atoms with van der Waals surface area (Å²) < 4.78 is 0. The fourth-order valence-electron chi connectivity index (χ4n) is 2.71. The zero-order valence-corrected chi connectivity index (χ0v) is 12.3. The highest BCUT2D eigenvalue weighted by atomic mass is 16.4. The van der Waals surface area contributed by atoms with Crippen molar-refractivity contribution in [3.63, 3.8) is 0 Å². The predicted octanol–water partition coefficient (Wildman–Crippen LogP) is 1.29. The zero-order valence-electron chi connectivity index (χ0n) is 12.3. The largest absolute Gasteiger partial charge is 0.481 e. The van der Waals surface area contributed by atoms with Gasteiger partial charge in [0.1, 0.15) is 0 Å². The number of aliphatic carboxylic acids is 1. The molecule has 0 aromatic carbocycles. The average molecular weight is 270 g/mol. The summed E-state index contributed by atoms with van der Waals surface area (Å²) in [6, 6.07) is 0. The lowest BCUT2D eigenvalue weighted by Gasteiger charge is -2.28. The normalized spacial score (nSPS) is 22.7. The molecule has 0 spiro atoms. The minimum atomic E-state index is -0.820. The van der Waals surface area contributed by atoms with Crippen molar-refractivity contribution < 1.29 is 14.7 Å². The maximum Gasteiger partial charge on any atom is 0.307 e. The van der Waals surface area contributed by atoms with Gasteiger partial charge >= 0.3 is 5.97 Å². The molecule has 0 unspecified atom stereocenters. The molecule has 0 heterocycles. The van der Waals surface area contributed by atoms with Crippen LogP contribution in [0.2, 0.25) is 0 Å². The van der Waals surface area contributed by atoms with Crippen LogP contribution < -0.4 is 0 Å². The number of amides is 1. The third-order valence-corrected chi connectivity index (χ3v) is 3.77. The van der Waals surface area contributed by atoms with Crippen LogP contribution in [0.15, 0.2) is 0 Å². The molecule has 5 nitrogen and oxygen atoms in total. The van der Waals surface area contributed by atoms with Crippen LogP contribution in [0, 0.1) is 11.8 Å². The van der Waals surface area contributed by atoms with Gasteiger partial charge in [-0.15, -0.1) is 0 Å². The Balaban J connectivity index is 2.66. The van der Waals surface area contributed by atoms with Crippen LogP contribution in [0.25, 0.3) is 0 Å². The SMILES string of the molecule is CCCN(CCN(C)C)C(=O)[C@@H]1CCC[C@@H]1C(=O)O. The fourth-order valence-corrected chi connectivity index (χ4v) is 2.71. The molecule has 0 radical (unpaired) electrons. The van der Waals surface area contributed by atoms with Gasteiger partial charge in [0.05, 0.1) is 11.8 Å². The molecule has 0 aromatic heterocycles. The average Bonchev–Trinajstić information content (AvgIpc) is 2.82. The molecule has 0 aliphatic heterocycles. The lowest BCUT2D eigenvalue weighted by atomic mass is 9.94. The van der Waals surface area contributed by atoms with Crippen LogP contribution in [0.1, 0.15) is 32.6 Å². The minimum absolute atomic E-state index is 0.0357. The third-order valence-electron chi connectivity index (χ3n) is 3.77. The molecule has 1 aliphatic rings. The molecule has 1 rings (SSSR count). The number of hydrogen-bond donors (Lipinski definition) is 1. The Morgan fingerprint density at radius 1 is 1.11 bits per heavy atom. The molecular weight excluding hydrogens is 244 g/mol. The Kier molecular flexibility index (Phi) is 6.28. The number of carboxylic acid groups (broad SMARTS) is 1. The van der Waals surface area contributed by atoms with E-state index in [0.717, 1.165) is 32.4 Å². The first-order chi connectivity index (χ1) is 8.97. The summed E-state index contributed by atoms with van der Waals surface area (Å²) >= 11 is 0. The summed E-state index contributed by atoms with van der Waals surface area (Å²) in [4.78, 5) is 27.6. The highest BCUT2D eigenvalue weighted by molar-refractivity contribution is 5.85. The van der Waals surface area contributed by atoms with E-state index in [-0.39, 0.29) is 11.8 Å². The second-order valence-corrected chi connectivity index (χ2v) is 5.61. The molecule has 5 heteroatoms. The van der Waals surface area contributed by atoms with Crippen molar-refractivity contribution in [1.29, 1.82) is 0 Å². The van der Waals surface area contributed by atoms with E-state index >= 15 is 0 Å². The second kappa shape index (κ2) is 7.48. The Hall–Kier alpha value is -1.10. The van der Waals surface area contributed by atoms with Crippen LogP contribution in [0.3, 0.4) is 0 Å². The monoisotopic (exact) mass is 270 g/mol. The van der Waals surface area contributed by atoms with Crippen LogP contribution in [0.5, 0.6) is 0 Å². The van der Waals surface area contributed by atoms with Crippen molar-refractivity contribution >= 4 is 11.9 Å². The van der Waals surface area contributed by atoms with Gasteiger partial charge in [-0.25, -0.2) is 0 Å². The number of carbonyl (C=O) groups excluding carboxylic acids is 1. The Morgan fingerprint density at radius 2 is 1.74 bits per heavy atom. The number of hydrogen-bond acceptors (Lipinski definition) is 3. The number of nitrogens with zero attached hydrogens (tertiary/aromatic N) is 2. The van der Waals surface area contributed by atoms with Crippen LogP contribution in [0.4, 0.5) is 0 Å². The molecule has 19 heavy (non-hydrogen) atoms. The smallest absolute Gasteiger partial charge is 0.307 e. The lowest BCUT2D eigenvalue weighted by Crippen LogP contribution is -2.42. The Morgan fingerprint density at radius 3 is 2.26 bits per heavy atom. The molecule has 1 aliphatic carbocycles. The van der Waals surface area contributed by atoms with Crippen molar-refractivity contribution in [3.8, 4) is 0 Å². The Bertz CT molecular complexity index is 318. The zero-order chi connectivity index (χ0) is 14.4. The van der Waals surface area contributed by atoms with E-state index < -0.39 is 11.9 Å². The van der Waals surface area contributed by atoms with Gasteiger partial charge in [0.15, 0.2) is 0 Å². The molecule has 1 N–H and O–H groups in total. The molecular formula is C14H26N2O3. The molecule has 1 amide bonds. The van der Waals surface area contributed by atoms with E-state index in [1.165, 1.54) is 0 Å². The molecule has 110 valence electrons. The van der Waals surface area contributed by atoms with E-state index in [0.29, 0.717) is 13.0 Å². The minimum Gasteiger partial charge on any atom is -0.481 e. The summed E-state index contributed by atoms with van der Waals surface area (Å²) in [5, 5.41) is 9.18. The maximum absolute atomic E-state index is 12.5. The van der Waals surface area contributed by atoms with Gasteiger partial charge in [-0.2, -0.15) is 0 Å². The van der Waals surface area contributed by atoms with Crippen molar-refractivity contribution in [2.75, 3.05) is 33.7 Å². The fraction of sp³-hybridized carbons (Fsp3) is 0.857. The highest BCUT2D eigenvalue weighted by Crippen LogP contribution is 2.33. The second-order valence-electron chi connectivity index (χ2n) is 5.61. The van der Waals surface area contributed by atoms with E-state index in [4.69, 9.17) is 0 Å². The summed E-state index contributed by atoms with van der Waals surface area (Å²) in [5.74, 6) is -1.58. The van der Waals surface area contributed by atoms with E-state index in [9.17, 15) is 14.7 Å². The quantitative estimate of drug-likeness (QED) is 0.757. The van der Waals surface area contributed by atoms with Gasteiger partial charge in [0, 0.05) is 19.6 Å². The van der Waals surface area contributed by atoms with E-state index in [1.807, 2.05) is 30.8 Å². The van der Waals surface area contributed by atoms with Crippen molar-refractivity contribution in [3.05, 3.63) is 0 Å². The van der Waals surface area contributed by atoms with E-state index in [1.54, 1.807) is 0 Å². The molecule has 0 saturated heterocycles. The van der Waals surface area contributed by atoms with Crippen LogP contribution in [-0.2, 0) is 9.59 Å². The summed E-state index contributed by atoms with van der Waals surface area (Å²) in [5.41, 5.74) is 0. The van der Waals surface area contributed by atoms with Crippen molar-refractivity contribution in [2.45, 2.75) is 32.6 Å². The van der Waals surface area contributed by atoms with E-state index in [2.05, 4.69) is 0 Å². The summed E-state index contributed by atoms with van der Waals surface area (Å²) in [7, 11) is 3.95. The summed E-state index contributed by atoms with van der Waals surface area (Å²) in [6.07, 6.45) is 3.11. The van der Waals surface area contributed by atoms with Gasteiger partial charge in [-0.1, -0.05) is 13.3 Å². The number of carboxylic acids is 1. The molecule has 0 aromatic rings. The molecule has 2 atom stereocenters. The van der Waals surface area contributed by atoms with Gasteiger partial charge in [-0.3, -0.25) is 9.59 Å². The van der Waals surface area contributed by atoms with Gasteiger partial charge in [0.25, 0.3) is 0 Å². The van der Waals surface area contributed by atoms with Crippen molar-refractivity contribution in [2.24, 2.45) is 11.8 Å². The first-order valence-corrected chi connectivity index (χ1v) is 7.13. The molecule has 0 bridgehead atoms. The maximum atomic E-state index is 12.5. The Labute approximate surface area is 115 Å². The lowest BCUT2D eigenvalue weighted by molar-refractivity contribution is -0.149. The molecule has 1 saturated carbocycles. The van der Waals surface area contributed by atoms with Gasteiger partial charge in [-0.05, 0) is 33.4 Å². The molecule has 1 fully saturated rings. The van der Waals surface area contributed by atoms with Crippen molar-refractivity contribution in [1.82, 2.24) is 9.80 Å². The number of carbonyl (C=O) groups is 2.